The maximum Gasteiger partial charge on any atom is 0.305 e. The average Bonchev–Trinajstić information content (AvgIpc) is 3.71. The molecule has 0 radical (unpaired) electrons. The zero-order valence-corrected chi connectivity index (χ0v) is 28.7. The molecule has 2 aromatic heterocycles. The second kappa shape index (κ2) is 13.3. The van der Waals surface area contributed by atoms with E-state index in [1.807, 2.05) is 50.3 Å². The third-order valence-electron chi connectivity index (χ3n) is 9.74. The Morgan fingerprint density at radius 3 is 2.67 bits per heavy atom. The number of aliphatic hydroxyl groups excluding tert-OH is 1. The van der Waals surface area contributed by atoms with E-state index in [4.69, 9.17) is 9.47 Å². The van der Waals surface area contributed by atoms with Gasteiger partial charge in [0.15, 0.2) is 13.9 Å². The molecule has 2 aliphatic heterocycles. The molecule has 2 aliphatic rings. The minimum absolute atomic E-state index is 0.0274. The van der Waals surface area contributed by atoms with E-state index in [9.17, 15) is 24.3 Å². The maximum atomic E-state index is 14.7. The minimum atomic E-state index is -2.92. The van der Waals surface area contributed by atoms with Gasteiger partial charge in [-0.25, -0.2) is 0 Å². The number of anilines is 1. The number of hydrogen-bond donors (Lipinski definition) is 2. The van der Waals surface area contributed by atoms with Crippen molar-refractivity contribution in [3.63, 3.8) is 0 Å². The molecule has 1 amide bonds. The smallest absolute Gasteiger partial charge is 0.305 e. The number of benzene rings is 2. The number of rotatable bonds is 12. The molecule has 4 atom stereocenters. The first-order chi connectivity index (χ1) is 23.0. The lowest BCUT2D eigenvalue weighted by molar-refractivity contribution is -0.146. The standard InChI is InChI=1S/C34H42N6O7Si/c1-22-31(48(3,4)45)29(14-17-38-21-24(15-18-41)36-37-38)47-34(22)27-19-25(40-32(43)26-10-6-5-9-23(26)20-35-40)12-13-28(27)39(33(34)44)16-8-7-11-30(42)46-2/h5-6,9-10,12-13,19-22,29,31,41,45H,7-8,11,14-18H2,1-4H3/t22-,29+,31-,34+/m1/s1. The molecule has 0 aliphatic carbocycles. The molecule has 0 bridgehead atoms. The second-order valence-corrected chi connectivity index (χ2v) is 17.2. The van der Waals surface area contributed by atoms with Gasteiger partial charge in [-0.1, -0.05) is 30.3 Å². The Hall–Kier alpha value is -4.24. The van der Waals surface area contributed by atoms with Crippen LogP contribution in [0.25, 0.3) is 16.5 Å². The van der Waals surface area contributed by atoms with Gasteiger partial charge in [0, 0.05) is 61.1 Å². The van der Waals surface area contributed by atoms with Gasteiger partial charge in [0.25, 0.3) is 11.5 Å². The molecule has 254 valence electrons. The van der Waals surface area contributed by atoms with Crippen molar-refractivity contribution in [2.75, 3.05) is 25.2 Å². The Labute approximate surface area is 279 Å². The number of aliphatic hydroxyl groups is 1. The van der Waals surface area contributed by atoms with Gasteiger partial charge >= 0.3 is 5.97 Å². The number of unbranched alkanes of at least 4 members (excludes halogenated alkanes) is 1. The van der Waals surface area contributed by atoms with Crippen LogP contribution in [0, 0.1) is 5.92 Å². The average molecular weight is 675 g/mol. The van der Waals surface area contributed by atoms with Gasteiger partial charge in [-0.05, 0) is 56.6 Å². The molecule has 1 spiro atoms. The molecule has 13 nitrogen and oxygen atoms in total. The summed E-state index contributed by atoms with van der Waals surface area (Å²) in [5.74, 6) is -0.935. The molecule has 1 fully saturated rings. The molecule has 0 saturated carbocycles. The van der Waals surface area contributed by atoms with Crippen LogP contribution in [-0.4, -0.2) is 81.2 Å². The number of hydrogen-bond acceptors (Lipinski definition) is 10. The lowest BCUT2D eigenvalue weighted by Gasteiger charge is -2.32. The van der Waals surface area contributed by atoms with Gasteiger partial charge in [0.05, 0.1) is 41.9 Å². The summed E-state index contributed by atoms with van der Waals surface area (Å²) in [6.07, 6.45) is 5.19. The Kier molecular flexibility index (Phi) is 9.35. The predicted octanol–water partition coefficient (Wildman–Crippen LogP) is 3.09. The highest BCUT2D eigenvalue weighted by Gasteiger charge is 2.66. The molecule has 2 aromatic carbocycles. The highest BCUT2D eigenvalue weighted by atomic mass is 28.4. The molecule has 4 heterocycles. The van der Waals surface area contributed by atoms with E-state index in [0.29, 0.717) is 66.8 Å². The zero-order valence-electron chi connectivity index (χ0n) is 27.7. The van der Waals surface area contributed by atoms with Crippen LogP contribution in [0.3, 0.4) is 0 Å². The van der Waals surface area contributed by atoms with Gasteiger partial charge in [0.2, 0.25) is 0 Å². The lowest BCUT2D eigenvalue weighted by Crippen LogP contribution is -2.46. The summed E-state index contributed by atoms with van der Waals surface area (Å²) < 4.78 is 14.8. The van der Waals surface area contributed by atoms with Gasteiger partial charge in [-0.15, -0.1) is 5.10 Å². The monoisotopic (exact) mass is 674 g/mol. The van der Waals surface area contributed by atoms with E-state index in [1.54, 1.807) is 34.1 Å². The van der Waals surface area contributed by atoms with Crippen molar-refractivity contribution in [3.8, 4) is 5.69 Å². The number of esters is 1. The Bertz CT molecular complexity index is 1890. The molecule has 1 saturated heterocycles. The fraction of sp³-hybridized carbons (Fsp3) is 0.471. The highest BCUT2D eigenvalue weighted by molar-refractivity contribution is 6.71. The van der Waals surface area contributed by atoms with Gasteiger partial charge < -0.3 is 24.3 Å². The van der Waals surface area contributed by atoms with Crippen molar-refractivity contribution in [1.82, 2.24) is 24.8 Å². The van der Waals surface area contributed by atoms with E-state index in [1.165, 1.54) is 11.8 Å². The number of amides is 1. The van der Waals surface area contributed by atoms with Crippen molar-refractivity contribution in [2.45, 2.75) is 75.9 Å². The molecular weight excluding hydrogens is 632 g/mol. The highest BCUT2D eigenvalue weighted by Crippen LogP contribution is 2.59. The number of methoxy groups -OCH3 is 1. The summed E-state index contributed by atoms with van der Waals surface area (Å²) in [5.41, 5.74) is 0.475. The van der Waals surface area contributed by atoms with E-state index in [2.05, 4.69) is 15.4 Å². The number of carbonyl (C=O) groups is 2. The normalized spacial score (nSPS) is 22.2. The molecule has 14 heteroatoms. The third kappa shape index (κ3) is 5.97. The largest absolute Gasteiger partial charge is 0.469 e. The number of carbonyl (C=O) groups excluding carboxylic acids is 2. The number of fused-ring (bicyclic) bond motifs is 3. The SMILES string of the molecule is COC(=O)CCCCN1C(=O)[C@@]2(O[C@@H](CCn3cc(CCO)nn3)[C@H]([Si](C)(C)O)[C@H]2C)c2cc(-n3ncc4ccccc4c3=O)ccc21. The van der Waals surface area contributed by atoms with E-state index >= 15 is 0 Å². The van der Waals surface area contributed by atoms with Crippen molar-refractivity contribution >= 4 is 36.7 Å². The summed E-state index contributed by atoms with van der Waals surface area (Å²) in [6, 6.07) is 12.7. The van der Waals surface area contributed by atoms with Crippen LogP contribution < -0.4 is 10.5 Å². The first kappa shape index (κ1) is 33.7. The molecule has 2 N–H and O–H groups in total. The minimum Gasteiger partial charge on any atom is -0.469 e. The van der Waals surface area contributed by atoms with Crippen LogP contribution in [0.15, 0.2) is 59.7 Å². The summed E-state index contributed by atoms with van der Waals surface area (Å²) in [7, 11) is -1.57. The van der Waals surface area contributed by atoms with Crippen molar-refractivity contribution in [3.05, 3.63) is 76.5 Å². The summed E-state index contributed by atoms with van der Waals surface area (Å²) in [6.45, 7) is 6.49. The maximum absolute atomic E-state index is 14.7. The topological polar surface area (TPSA) is 162 Å². The zero-order chi connectivity index (χ0) is 34.2. The van der Waals surface area contributed by atoms with Crippen molar-refractivity contribution in [1.29, 1.82) is 0 Å². The van der Waals surface area contributed by atoms with Crippen LogP contribution in [0.4, 0.5) is 5.69 Å². The van der Waals surface area contributed by atoms with Gasteiger partial charge in [-0.2, -0.15) is 9.78 Å². The quantitative estimate of drug-likeness (QED) is 0.130. The van der Waals surface area contributed by atoms with Crippen LogP contribution in [-0.2, 0) is 37.6 Å². The van der Waals surface area contributed by atoms with Crippen molar-refractivity contribution < 1.29 is 29.0 Å². The molecule has 6 rings (SSSR count). The summed E-state index contributed by atoms with van der Waals surface area (Å²) >= 11 is 0. The van der Waals surface area contributed by atoms with Gasteiger partial charge in [0.1, 0.15) is 0 Å². The third-order valence-corrected chi connectivity index (χ3v) is 12.2. The van der Waals surface area contributed by atoms with Crippen LogP contribution in [0.2, 0.25) is 18.6 Å². The fourth-order valence-electron chi connectivity index (χ4n) is 7.54. The lowest BCUT2D eigenvalue weighted by atomic mass is 9.82. The molecule has 4 aromatic rings. The predicted molar refractivity (Wildman–Crippen MR) is 180 cm³/mol. The van der Waals surface area contributed by atoms with Crippen molar-refractivity contribution in [2.24, 2.45) is 5.92 Å². The Balaban J connectivity index is 1.40. The Morgan fingerprint density at radius 2 is 1.92 bits per heavy atom. The first-order valence-electron chi connectivity index (χ1n) is 16.4. The Morgan fingerprint density at radius 1 is 1.12 bits per heavy atom. The van der Waals surface area contributed by atoms with E-state index in [0.717, 1.165) is 5.39 Å². The summed E-state index contributed by atoms with van der Waals surface area (Å²) in [5, 5.41) is 23.3. The van der Waals surface area contributed by atoms with E-state index in [-0.39, 0.29) is 36.0 Å². The van der Waals surface area contributed by atoms with Crippen LogP contribution in [0.1, 0.15) is 43.9 Å². The molecular formula is C34H42N6O7Si. The fourth-order valence-corrected chi connectivity index (χ4v) is 10.1. The van der Waals surface area contributed by atoms with E-state index < -0.39 is 25.9 Å². The number of aromatic nitrogens is 5. The number of ether oxygens (including phenoxy) is 2. The van der Waals surface area contributed by atoms with Crippen LogP contribution in [0.5, 0.6) is 0 Å². The van der Waals surface area contributed by atoms with Gasteiger partial charge in [-0.3, -0.25) is 19.1 Å². The first-order valence-corrected chi connectivity index (χ1v) is 19.4. The number of nitrogens with zero attached hydrogens (tertiary/aromatic N) is 6. The number of aryl methyl sites for hydroxylation is 1. The second-order valence-electron chi connectivity index (χ2n) is 13.2. The summed E-state index contributed by atoms with van der Waals surface area (Å²) in [4.78, 5) is 53.5. The molecule has 48 heavy (non-hydrogen) atoms. The van der Waals surface area contributed by atoms with Crippen LogP contribution >= 0.6 is 0 Å². The molecule has 0 unspecified atom stereocenters.